The molecule has 3 atom stereocenters. The fourth-order valence-electron chi connectivity index (χ4n) is 3.35. The van der Waals surface area contributed by atoms with E-state index >= 15 is 0 Å². The van der Waals surface area contributed by atoms with Gasteiger partial charge in [-0.2, -0.15) is 0 Å². The van der Waals surface area contributed by atoms with Gasteiger partial charge in [-0.25, -0.2) is 0 Å². The van der Waals surface area contributed by atoms with E-state index in [2.05, 4.69) is 29.8 Å². The molecule has 2 fully saturated rings. The highest BCUT2D eigenvalue weighted by Gasteiger charge is 2.34. The van der Waals surface area contributed by atoms with E-state index in [0.717, 1.165) is 17.9 Å². The van der Waals surface area contributed by atoms with Crippen LogP contribution in [0, 0.1) is 11.8 Å². The third kappa shape index (κ3) is 2.92. The lowest BCUT2D eigenvalue weighted by Crippen LogP contribution is -2.36. The minimum atomic E-state index is 0.540. The molecule has 94 valence electrons. The van der Waals surface area contributed by atoms with E-state index in [1.807, 2.05) is 11.3 Å². The van der Waals surface area contributed by atoms with E-state index in [9.17, 15) is 0 Å². The first-order chi connectivity index (χ1) is 8.33. The predicted molar refractivity (Wildman–Crippen MR) is 74.3 cm³/mol. The van der Waals surface area contributed by atoms with Crippen molar-refractivity contribution in [1.82, 2.24) is 5.32 Å². The molecule has 1 N–H and O–H groups in total. The predicted octanol–water partition coefficient (Wildman–Crippen LogP) is 4.37. The summed E-state index contributed by atoms with van der Waals surface area (Å²) in [5, 5.41) is 6.03. The van der Waals surface area contributed by atoms with Crippen LogP contribution < -0.4 is 5.32 Å². The molecule has 17 heavy (non-hydrogen) atoms. The lowest BCUT2D eigenvalue weighted by molar-refractivity contribution is 0.250. The maximum atomic E-state index is 3.84. The molecule has 0 amide bonds. The topological polar surface area (TPSA) is 12.0 Å². The molecule has 0 bridgehead atoms. The van der Waals surface area contributed by atoms with Gasteiger partial charge in [0.1, 0.15) is 0 Å². The summed E-state index contributed by atoms with van der Waals surface area (Å²) < 4.78 is 0. The molecular weight excluding hydrogens is 226 g/mol. The normalized spacial score (nSPS) is 31.4. The van der Waals surface area contributed by atoms with Crippen LogP contribution >= 0.6 is 11.3 Å². The lowest BCUT2D eigenvalue weighted by Gasteiger charge is -2.31. The standard InChI is InChI=1S/C15H23NS/c1-11(15-6-3-9-17-15)16-14-5-2-4-13(10-14)12-7-8-12/h3,6,9,11-14,16H,2,4-5,7-8,10H2,1H3/t11-,13?,14?/m1/s1. The Hall–Kier alpha value is -0.340. The first-order valence-corrected chi connectivity index (χ1v) is 8.00. The van der Waals surface area contributed by atoms with Crippen molar-refractivity contribution in [3.63, 3.8) is 0 Å². The summed E-state index contributed by atoms with van der Waals surface area (Å²) in [5.74, 6) is 2.13. The highest BCUT2D eigenvalue weighted by atomic mass is 32.1. The number of hydrogen-bond donors (Lipinski definition) is 1. The van der Waals surface area contributed by atoms with Gasteiger partial charge in [-0.15, -0.1) is 11.3 Å². The van der Waals surface area contributed by atoms with Gasteiger partial charge in [-0.1, -0.05) is 18.9 Å². The Morgan fingerprint density at radius 3 is 2.82 bits per heavy atom. The fraction of sp³-hybridized carbons (Fsp3) is 0.733. The van der Waals surface area contributed by atoms with Crippen molar-refractivity contribution in [3.05, 3.63) is 22.4 Å². The zero-order valence-electron chi connectivity index (χ0n) is 10.7. The van der Waals surface area contributed by atoms with Gasteiger partial charge >= 0.3 is 0 Å². The summed E-state index contributed by atoms with van der Waals surface area (Å²) >= 11 is 1.88. The van der Waals surface area contributed by atoms with Gasteiger partial charge in [0.05, 0.1) is 0 Å². The molecule has 0 aliphatic heterocycles. The second-order valence-corrected chi connectivity index (χ2v) is 6.84. The van der Waals surface area contributed by atoms with E-state index in [4.69, 9.17) is 0 Å². The van der Waals surface area contributed by atoms with E-state index < -0.39 is 0 Å². The van der Waals surface area contributed by atoms with Crippen molar-refractivity contribution in [1.29, 1.82) is 0 Å². The van der Waals surface area contributed by atoms with Crippen LogP contribution in [0.2, 0.25) is 0 Å². The Kier molecular flexibility index (Phi) is 3.53. The van der Waals surface area contributed by atoms with Crippen LogP contribution in [0.3, 0.4) is 0 Å². The third-order valence-electron chi connectivity index (χ3n) is 4.46. The molecule has 2 saturated carbocycles. The number of hydrogen-bond acceptors (Lipinski definition) is 2. The number of nitrogens with one attached hydrogen (secondary N) is 1. The summed E-state index contributed by atoms with van der Waals surface area (Å²) in [6.07, 6.45) is 8.78. The van der Waals surface area contributed by atoms with Gasteiger partial charge < -0.3 is 5.32 Å². The van der Waals surface area contributed by atoms with Crippen molar-refractivity contribution in [2.45, 2.75) is 57.5 Å². The summed E-state index contributed by atoms with van der Waals surface area (Å²) in [6, 6.07) is 5.72. The summed E-state index contributed by atoms with van der Waals surface area (Å²) in [4.78, 5) is 1.48. The minimum absolute atomic E-state index is 0.540. The van der Waals surface area contributed by atoms with Crippen LogP contribution in [0.1, 0.15) is 56.4 Å². The van der Waals surface area contributed by atoms with Gasteiger partial charge in [-0.05, 0) is 55.9 Å². The fourth-order valence-corrected chi connectivity index (χ4v) is 4.09. The lowest BCUT2D eigenvalue weighted by atomic mass is 9.82. The first-order valence-electron chi connectivity index (χ1n) is 7.12. The van der Waals surface area contributed by atoms with Crippen molar-refractivity contribution in [3.8, 4) is 0 Å². The van der Waals surface area contributed by atoms with Crippen LogP contribution in [-0.4, -0.2) is 6.04 Å². The Bertz CT molecular complexity index is 342. The summed E-state index contributed by atoms with van der Waals surface area (Å²) in [5.41, 5.74) is 0. The average molecular weight is 249 g/mol. The van der Waals surface area contributed by atoms with Crippen molar-refractivity contribution in [2.24, 2.45) is 11.8 Å². The molecule has 1 aromatic rings. The third-order valence-corrected chi connectivity index (χ3v) is 5.51. The van der Waals surface area contributed by atoms with Crippen LogP contribution in [0.15, 0.2) is 17.5 Å². The number of rotatable bonds is 4. The van der Waals surface area contributed by atoms with Gasteiger partial charge in [0.25, 0.3) is 0 Å². The van der Waals surface area contributed by atoms with Crippen LogP contribution in [0.4, 0.5) is 0 Å². The summed E-state index contributed by atoms with van der Waals surface area (Å²) in [6.45, 7) is 2.31. The zero-order chi connectivity index (χ0) is 11.7. The molecule has 1 nitrogen and oxygen atoms in total. The van der Waals surface area contributed by atoms with E-state index in [1.165, 1.54) is 43.4 Å². The van der Waals surface area contributed by atoms with E-state index in [-0.39, 0.29) is 0 Å². The van der Waals surface area contributed by atoms with Gasteiger partial charge in [-0.3, -0.25) is 0 Å². The Labute approximate surface area is 109 Å². The number of thiophene rings is 1. The van der Waals surface area contributed by atoms with Crippen molar-refractivity contribution >= 4 is 11.3 Å². The zero-order valence-corrected chi connectivity index (χ0v) is 11.5. The monoisotopic (exact) mass is 249 g/mol. The van der Waals surface area contributed by atoms with E-state index in [0.29, 0.717) is 6.04 Å². The Morgan fingerprint density at radius 2 is 2.12 bits per heavy atom. The second kappa shape index (κ2) is 5.11. The van der Waals surface area contributed by atoms with Crippen LogP contribution in [0.25, 0.3) is 0 Å². The average Bonchev–Trinajstić information content (AvgIpc) is 3.04. The molecule has 2 unspecified atom stereocenters. The second-order valence-electron chi connectivity index (χ2n) is 5.86. The maximum Gasteiger partial charge on any atom is 0.0388 e. The largest absolute Gasteiger partial charge is 0.307 e. The molecule has 0 saturated heterocycles. The molecule has 0 radical (unpaired) electrons. The molecule has 2 heteroatoms. The quantitative estimate of drug-likeness (QED) is 0.835. The molecule has 0 spiro atoms. The minimum Gasteiger partial charge on any atom is -0.307 e. The molecule has 1 aromatic heterocycles. The highest BCUT2D eigenvalue weighted by Crippen LogP contribution is 2.44. The molecular formula is C15H23NS. The van der Waals surface area contributed by atoms with Crippen molar-refractivity contribution in [2.75, 3.05) is 0 Å². The Morgan fingerprint density at radius 1 is 1.24 bits per heavy atom. The molecule has 0 aromatic carbocycles. The van der Waals surface area contributed by atoms with Crippen molar-refractivity contribution < 1.29 is 0 Å². The maximum absolute atomic E-state index is 3.84. The van der Waals surface area contributed by atoms with Gasteiger partial charge in [0, 0.05) is 17.0 Å². The molecule has 2 aliphatic carbocycles. The first kappa shape index (κ1) is 11.7. The van der Waals surface area contributed by atoms with Gasteiger partial charge in [0.15, 0.2) is 0 Å². The SMILES string of the molecule is C[C@@H](NC1CCCC(C2CC2)C1)c1cccs1. The van der Waals surface area contributed by atoms with Crippen LogP contribution in [-0.2, 0) is 0 Å². The highest BCUT2D eigenvalue weighted by molar-refractivity contribution is 7.10. The smallest absolute Gasteiger partial charge is 0.0388 e. The molecule has 1 heterocycles. The Balaban J connectivity index is 1.53. The molecule has 3 rings (SSSR count). The molecule has 2 aliphatic rings. The summed E-state index contributed by atoms with van der Waals surface area (Å²) in [7, 11) is 0. The van der Waals surface area contributed by atoms with Crippen LogP contribution in [0.5, 0.6) is 0 Å². The van der Waals surface area contributed by atoms with E-state index in [1.54, 1.807) is 0 Å². The van der Waals surface area contributed by atoms with Gasteiger partial charge in [0.2, 0.25) is 0 Å².